The van der Waals surface area contributed by atoms with Crippen LogP contribution in [0.3, 0.4) is 0 Å². The van der Waals surface area contributed by atoms with Crippen LogP contribution < -0.4 is 4.74 Å². The van der Waals surface area contributed by atoms with E-state index < -0.39 is 4.92 Å². The van der Waals surface area contributed by atoms with Gasteiger partial charge in [0.25, 0.3) is 5.69 Å². The molecule has 1 rings (SSSR count). The summed E-state index contributed by atoms with van der Waals surface area (Å²) in [7, 11) is 1.53. The molecule has 0 radical (unpaired) electrons. The van der Waals surface area contributed by atoms with Gasteiger partial charge < -0.3 is 9.47 Å². The van der Waals surface area contributed by atoms with Gasteiger partial charge in [0, 0.05) is 19.2 Å². The van der Waals surface area contributed by atoms with Crippen molar-refractivity contribution in [2.75, 3.05) is 20.3 Å². The largest absolute Gasteiger partial charge is 0.490 e. The van der Waals surface area contributed by atoms with E-state index in [0.717, 1.165) is 0 Å². The molecule has 0 aliphatic heterocycles. The molecule has 0 aliphatic rings. The third-order valence-corrected chi connectivity index (χ3v) is 2.10. The summed E-state index contributed by atoms with van der Waals surface area (Å²) in [5.41, 5.74) is 0.0737. The number of hydrogen-bond donors (Lipinski definition) is 0. The van der Waals surface area contributed by atoms with E-state index in [4.69, 9.17) is 9.47 Å². The first-order chi connectivity index (χ1) is 8.06. The van der Waals surface area contributed by atoms with Crippen LogP contribution in [0.5, 0.6) is 5.75 Å². The average Bonchev–Trinajstić information content (AvgIpc) is 2.29. The van der Waals surface area contributed by atoms with Crippen LogP contribution >= 0.6 is 0 Å². The van der Waals surface area contributed by atoms with E-state index in [1.165, 1.54) is 32.2 Å². The molecular formula is C11H13NO5. The molecule has 0 saturated heterocycles. The fraction of sp³-hybridized carbons (Fsp3) is 0.364. The lowest BCUT2D eigenvalue weighted by atomic mass is 10.1. The molecule has 6 nitrogen and oxygen atoms in total. The number of nitro benzene ring substituents is 1. The highest BCUT2D eigenvalue weighted by Gasteiger charge is 2.14. The van der Waals surface area contributed by atoms with Gasteiger partial charge in [0.2, 0.25) is 0 Å². The summed E-state index contributed by atoms with van der Waals surface area (Å²) >= 11 is 0. The normalized spacial score (nSPS) is 10.0. The molecule has 0 unspecified atom stereocenters. The lowest BCUT2D eigenvalue weighted by molar-refractivity contribution is -0.384. The maximum Gasteiger partial charge on any atom is 0.270 e. The first kappa shape index (κ1) is 13.1. The Hall–Kier alpha value is -1.95. The maximum atomic E-state index is 11.3. The summed E-state index contributed by atoms with van der Waals surface area (Å²) in [6, 6.07) is 3.93. The summed E-state index contributed by atoms with van der Waals surface area (Å²) in [5, 5.41) is 10.6. The highest BCUT2D eigenvalue weighted by atomic mass is 16.6. The molecule has 0 spiro atoms. The summed E-state index contributed by atoms with van der Waals surface area (Å²) in [6.45, 7) is 2.01. The number of carbonyl (C=O) groups is 1. The standard InChI is InChI=1S/C11H13NO5/c1-8(13)10-7-9(12(14)15)3-4-11(10)17-6-5-16-2/h3-4,7H,5-6H2,1-2H3. The Balaban J connectivity index is 2.96. The van der Waals surface area contributed by atoms with Gasteiger partial charge in [-0.25, -0.2) is 0 Å². The lowest BCUT2D eigenvalue weighted by Crippen LogP contribution is -2.07. The molecular weight excluding hydrogens is 226 g/mol. The zero-order valence-corrected chi connectivity index (χ0v) is 9.63. The summed E-state index contributed by atoms with van der Waals surface area (Å²) in [4.78, 5) is 21.4. The van der Waals surface area contributed by atoms with Crippen molar-refractivity contribution in [2.24, 2.45) is 0 Å². The van der Waals surface area contributed by atoms with Gasteiger partial charge in [0.1, 0.15) is 12.4 Å². The number of methoxy groups -OCH3 is 1. The highest BCUT2D eigenvalue weighted by molar-refractivity contribution is 5.97. The number of ketones is 1. The molecule has 92 valence electrons. The van der Waals surface area contributed by atoms with Gasteiger partial charge in [-0.05, 0) is 13.0 Å². The lowest BCUT2D eigenvalue weighted by Gasteiger charge is -2.08. The first-order valence-corrected chi connectivity index (χ1v) is 4.97. The predicted octanol–water partition coefficient (Wildman–Crippen LogP) is 1.82. The van der Waals surface area contributed by atoms with Gasteiger partial charge in [-0.15, -0.1) is 0 Å². The van der Waals surface area contributed by atoms with E-state index in [1.54, 1.807) is 0 Å². The Kier molecular flexibility index (Phi) is 4.59. The number of nitrogens with zero attached hydrogens (tertiary/aromatic N) is 1. The molecule has 0 N–H and O–H groups in total. The second-order valence-electron chi connectivity index (χ2n) is 3.34. The van der Waals surface area contributed by atoms with Crippen molar-refractivity contribution in [3.8, 4) is 5.75 Å². The molecule has 0 bridgehead atoms. The molecule has 1 aromatic carbocycles. The highest BCUT2D eigenvalue weighted by Crippen LogP contribution is 2.24. The zero-order chi connectivity index (χ0) is 12.8. The first-order valence-electron chi connectivity index (χ1n) is 4.97. The number of ether oxygens (including phenoxy) is 2. The molecule has 0 aromatic heterocycles. The number of carbonyl (C=O) groups excluding carboxylic acids is 1. The van der Waals surface area contributed by atoms with Gasteiger partial charge in [-0.3, -0.25) is 14.9 Å². The van der Waals surface area contributed by atoms with Crippen LogP contribution in [0.1, 0.15) is 17.3 Å². The zero-order valence-electron chi connectivity index (χ0n) is 9.63. The molecule has 0 amide bonds. The average molecular weight is 239 g/mol. The van der Waals surface area contributed by atoms with Crippen LogP contribution in [0.4, 0.5) is 5.69 Å². The molecule has 1 aromatic rings. The molecule has 0 saturated carbocycles. The molecule has 17 heavy (non-hydrogen) atoms. The van der Waals surface area contributed by atoms with Gasteiger partial charge >= 0.3 is 0 Å². The molecule has 0 heterocycles. The number of hydrogen-bond acceptors (Lipinski definition) is 5. The Morgan fingerprint density at radius 1 is 1.41 bits per heavy atom. The summed E-state index contributed by atoms with van der Waals surface area (Å²) in [5.74, 6) is 0.0567. The quantitative estimate of drug-likeness (QED) is 0.327. The van der Waals surface area contributed by atoms with Crippen molar-refractivity contribution in [1.82, 2.24) is 0 Å². The van der Waals surface area contributed by atoms with Crippen molar-refractivity contribution in [2.45, 2.75) is 6.92 Å². The van der Waals surface area contributed by atoms with Crippen molar-refractivity contribution in [1.29, 1.82) is 0 Å². The van der Waals surface area contributed by atoms with Crippen LogP contribution in [-0.2, 0) is 4.74 Å². The second kappa shape index (κ2) is 5.95. The Bertz CT molecular complexity index is 430. The maximum absolute atomic E-state index is 11.3. The summed E-state index contributed by atoms with van der Waals surface area (Å²) < 4.78 is 10.1. The van der Waals surface area contributed by atoms with Crippen molar-refractivity contribution >= 4 is 11.5 Å². The Morgan fingerprint density at radius 3 is 2.65 bits per heavy atom. The predicted molar refractivity (Wildman–Crippen MR) is 60.5 cm³/mol. The van der Waals surface area contributed by atoms with Crippen LogP contribution in [-0.4, -0.2) is 31.0 Å². The van der Waals surface area contributed by atoms with Crippen LogP contribution in [0.2, 0.25) is 0 Å². The van der Waals surface area contributed by atoms with Crippen LogP contribution in [0.25, 0.3) is 0 Å². The monoisotopic (exact) mass is 239 g/mol. The van der Waals surface area contributed by atoms with Gasteiger partial charge in [0.15, 0.2) is 5.78 Å². The third kappa shape index (κ3) is 3.53. The molecule has 6 heteroatoms. The minimum absolute atomic E-state index is 0.130. The number of nitro groups is 1. The Morgan fingerprint density at radius 2 is 2.12 bits per heavy atom. The van der Waals surface area contributed by atoms with Crippen molar-refractivity contribution in [3.63, 3.8) is 0 Å². The van der Waals surface area contributed by atoms with Crippen LogP contribution in [0, 0.1) is 10.1 Å². The van der Waals surface area contributed by atoms with E-state index in [1.807, 2.05) is 0 Å². The fourth-order valence-corrected chi connectivity index (χ4v) is 1.27. The number of rotatable bonds is 6. The number of benzene rings is 1. The SMILES string of the molecule is COCCOc1ccc([N+](=O)[O-])cc1C(C)=O. The van der Waals surface area contributed by atoms with E-state index >= 15 is 0 Å². The number of non-ortho nitro benzene ring substituents is 1. The van der Waals surface area contributed by atoms with Gasteiger partial charge in [-0.1, -0.05) is 0 Å². The van der Waals surface area contributed by atoms with E-state index in [0.29, 0.717) is 12.4 Å². The minimum atomic E-state index is -0.550. The van der Waals surface area contributed by atoms with Crippen molar-refractivity contribution < 1.29 is 19.2 Å². The van der Waals surface area contributed by atoms with E-state index in [2.05, 4.69) is 0 Å². The van der Waals surface area contributed by atoms with Crippen LogP contribution in [0.15, 0.2) is 18.2 Å². The third-order valence-electron chi connectivity index (χ3n) is 2.10. The van der Waals surface area contributed by atoms with E-state index in [-0.39, 0.29) is 23.6 Å². The summed E-state index contributed by atoms with van der Waals surface area (Å²) in [6.07, 6.45) is 0. The van der Waals surface area contributed by atoms with Crippen molar-refractivity contribution in [3.05, 3.63) is 33.9 Å². The number of Topliss-reactive ketones (excluding diaryl/α,β-unsaturated/α-hetero) is 1. The topological polar surface area (TPSA) is 78.7 Å². The van der Waals surface area contributed by atoms with Gasteiger partial charge in [-0.2, -0.15) is 0 Å². The Labute approximate surface area is 98.3 Å². The smallest absolute Gasteiger partial charge is 0.270 e. The minimum Gasteiger partial charge on any atom is -0.490 e. The fourth-order valence-electron chi connectivity index (χ4n) is 1.27. The molecule has 0 aliphatic carbocycles. The second-order valence-corrected chi connectivity index (χ2v) is 3.34. The van der Waals surface area contributed by atoms with Gasteiger partial charge in [0.05, 0.1) is 17.1 Å². The molecule has 0 atom stereocenters. The van der Waals surface area contributed by atoms with E-state index in [9.17, 15) is 14.9 Å². The molecule has 0 fully saturated rings.